The van der Waals surface area contributed by atoms with Gasteiger partial charge in [-0.2, -0.15) is 0 Å². The summed E-state index contributed by atoms with van der Waals surface area (Å²) in [5, 5.41) is 35.2. The van der Waals surface area contributed by atoms with Gasteiger partial charge in [-0.15, -0.1) is 5.10 Å². The molecule has 2 unspecified atom stereocenters. The Kier molecular flexibility index (Phi) is 20.8. The number of nitrogens with zero attached hydrogens (tertiary/aromatic N) is 5. The second kappa shape index (κ2) is 25.7. The number of cyclic esters (lactones) is 1. The summed E-state index contributed by atoms with van der Waals surface area (Å²) in [4.78, 5) is 72.3. The minimum atomic E-state index is -2.43. The topological polar surface area (TPSA) is 219 Å². The Morgan fingerprint density at radius 3 is 2.33 bits per heavy atom. The Bertz CT molecular complexity index is 2020. The molecule has 1 amide bonds. The number of allylic oxidation sites excluding steroid dienone is 6. The van der Waals surface area contributed by atoms with Crippen LogP contribution < -0.4 is 0 Å². The number of aliphatic hydroxyl groups is 2. The average Bonchev–Trinajstić information content (AvgIpc) is 3.88. The van der Waals surface area contributed by atoms with Crippen molar-refractivity contribution in [3.8, 4) is 0 Å². The van der Waals surface area contributed by atoms with E-state index >= 15 is 0 Å². The molecule has 5 rings (SSSR count). The third-order valence-corrected chi connectivity index (χ3v) is 15.2. The number of esters is 1. The number of carbonyl (C=O) groups excluding carboxylic acids is 5. The molecule has 1 saturated carbocycles. The van der Waals surface area contributed by atoms with Crippen molar-refractivity contribution in [1.82, 2.24) is 25.1 Å². The number of hydrogen-bond donors (Lipinski definition) is 2. The zero-order chi connectivity index (χ0) is 50.6. The summed E-state index contributed by atoms with van der Waals surface area (Å²) in [5.74, 6) is -7.89. The monoisotopic (exact) mass is 966 g/mol. The number of carbonyl (C=O) groups is 5. The van der Waals surface area contributed by atoms with Crippen LogP contribution in [0.4, 0.5) is 0 Å². The fourth-order valence-corrected chi connectivity index (χ4v) is 10.8. The molecule has 17 heteroatoms. The predicted molar refractivity (Wildman–Crippen MR) is 256 cm³/mol. The first-order valence-corrected chi connectivity index (χ1v) is 25.0. The standard InChI is InChI=1S/C52H79N5O12/c1-31-16-12-11-13-17-32(2)43(65-8)28-39-21-19-37(7)52(64,69-39)49(61)50(62)56-23-15-14-18-41(56)51(63)68-44(34(4)26-38-20-22-40(45(27-38)66-9)57-30-53-54-55-57)29-42(58)33(3)25-36(6)47(60)48(67-10)46(59)35(5)24-31/h11-13,16-17,25,30-31,34-41,43-45,47-48,60,64H,14-15,18-24,26-29H2,1-10H3/t31-,34-,35-,36?,37-,38+,39+,40+,41+,43+,44+,45-,47-,48?,52-/m1/s1. The first kappa shape index (κ1) is 55.7. The van der Waals surface area contributed by atoms with Crippen molar-refractivity contribution in [3.05, 3.63) is 53.9 Å². The Morgan fingerprint density at radius 1 is 0.899 bits per heavy atom. The number of hydrogen-bond acceptors (Lipinski definition) is 15. The number of aliphatic hydroxyl groups excluding tert-OH is 1. The number of fused-ring (bicyclic) bond motifs is 3. The molecule has 3 fully saturated rings. The minimum absolute atomic E-state index is 0.0197. The third kappa shape index (κ3) is 14.2. The van der Waals surface area contributed by atoms with Gasteiger partial charge in [-0.1, -0.05) is 71.1 Å². The Balaban J connectivity index is 1.46. The van der Waals surface area contributed by atoms with E-state index in [2.05, 4.69) is 15.5 Å². The molecule has 3 aliphatic heterocycles. The number of rotatable bonds is 7. The van der Waals surface area contributed by atoms with Crippen LogP contribution in [0.3, 0.4) is 0 Å². The number of methoxy groups -OCH3 is 3. The second-order valence-corrected chi connectivity index (χ2v) is 20.4. The van der Waals surface area contributed by atoms with Gasteiger partial charge in [0.25, 0.3) is 11.7 Å². The molecule has 15 atom stereocenters. The van der Waals surface area contributed by atoms with Crippen LogP contribution in [0.1, 0.15) is 132 Å². The number of amides is 1. The van der Waals surface area contributed by atoms with Crippen LogP contribution in [-0.2, 0) is 47.7 Å². The second-order valence-electron chi connectivity index (χ2n) is 20.4. The molecule has 384 valence electrons. The van der Waals surface area contributed by atoms with Crippen molar-refractivity contribution in [2.24, 2.45) is 35.5 Å². The van der Waals surface area contributed by atoms with Gasteiger partial charge in [-0.05, 0) is 117 Å². The molecule has 1 aromatic rings. The lowest BCUT2D eigenvalue weighted by molar-refractivity contribution is -0.265. The van der Waals surface area contributed by atoms with Crippen LogP contribution in [0.25, 0.3) is 0 Å². The van der Waals surface area contributed by atoms with Gasteiger partial charge < -0.3 is 38.8 Å². The van der Waals surface area contributed by atoms with Gasteiger partial charge in [-0.25, -0.2) is 9.48 Å². The van der Waals surface area contributed by atoms with Crippen LogP contribution in [0.2, 0.25) is 0 Å². The van der Waals surface area contributed by atoms with E-state index in [0.717, 1.165) is 18.4 Å². The van der Waals surface area contributed by atoms with Crippen LogP contribution in [0, 0.1) is 35.5 Å². The molecule has 69 heavy (non-hydrogen) atoms. The average molecular weight is 966 g/mol. The van der Waals surface area contributed by atoms with E-state index in [9.17, 15) is 34.2 Å². The SMILES string of the molecule is COC1C(=O)[C@H](C)C[C@H](C)C=CC=CC=C(C)[C@@H](OC)C[C@@H]2CC[C@@H](C)[C@@](O)(O2)C(=O)C(=O)N2CCCC[C@H]2C(=O)O[C@H]([C@H](C)C[C@@H]2CC[C@H](n3cnnn3)[C@H](OC)C2)CC(=O)C(C)=CC(C)[C@H]1O. The summed E-state index contributed by atoms with van der Waals surface area (Å²) < 4.78 is 31.6. The third-order valence-electron chi connectivity index (χ3n) is 15.2. The number of piperidine rings is 1. The van der Waals surface area contributed by atoms with Gasteiger partial charge in [-0.3, -0.25) is 19.2 Å². The van der Waals surface area contributed by atoms with Crippen molar-refractivity contribution in [2.45, 2.75) is 180 Å². The smallest absolute Gasteiger partial charge is 0.329 e. The highest BCUT2D eigenvalue weighted by molar-refractivity contribution is 6.39. The van der Waals surface area contributed by atoms with Crippen molar-refractivity contribution >= 4 is 29.2 Å². The number of ether oxygens (including phenoxy) is 5. The van der Waals surface area contributed by atoms with E-state index in [4.69, 9.17) is 23.7 Å². The van der Waals surface area contributed by atoms with Crippen LogP contribution >= 0.6 is 0 Å². The Labute approximate surface area is 408 Å². The van der Waals surface area contributed by atoms with E-state index in [0.29, 0.717) is 56.9 Å². The summed E-state index contributed by atoms with van der Waals surface area (Å²) in [6.07, 6.45) is 14.0. The largest absolute Gasteiger partial charge is 0.460 e. The van der Waals surface area contributed by atoms with Gasteiger partial charge in [0.05, 0.1) is 30.5 Å². The van der Waals surface area contributed by atoms with Gasteiger partial charge in [0, 0.05) is 58.5 Å². The van der Waals surface area contributed by atoms with Gasteiger partial charge >= 0.3 is 5.97 Å². The number of Topliss-reactive ketones (excluding diaryl/α,β-unsaturated/α-hetero) is 3. The number of ketones is 3. The zero-order valence-corrected chi connectivity index (χ0v) is 42.5. The summed E-state index contributed by atoms with van der Waals surface area (Å²) in [5.41, 5.74) is 1.20. The van der Waals surface area contributed by atoms with E-state index in [-0.39, 0.29) is 60.9 Å². The first-order chi connectivity index (χ1) is 32.8. The summed E-state index contributed by atoms with van der Waals surface area (Å²) in [6, 6.07) is -1.20. The van der Waals surface area contributed by atoms with E-state index in [1.807, 2.05) is 58.1 Å². The highest BCUT2D eigenvalue weighted by Crippen LogP contribution is 2.39. The van der Waals surface area contributed by atoms with Crippen molar-refractivity contribution in [1.29, 1.82) is 0 Å². The molecule has 4 heterocycles. The first-order valence-electron chi connectivity index (χ1n) is 25.0. The number of aromatic nitrogens is 4. The maximum absolute atomic E-state index is 14.5. The zero-order valence-electron chi connectivity index (χ0n) is 42.5. The molecule has 1 aromatic heterocycles. The quantitative estimate of drug-likeness (QED) is 0.235. The van der Waals surface area contributed by atoms with Crippen LogP contribution in [0.5, 0.6) is 0 Å². The lowest BCUT2D eigenvalue weighted by atomic mass is 9.77. The lowest BCUT2D eigenvalue weighted by Crippen LogP contribution is -2.61. The summed E-state index contributed by atoms with van der Waals surface area (Å²) in [6.45, 7) is 12.8. The van der Waals surface area contributed by atoms with Crippen molar-refractivity contribution in [2.75, 3.05) is 27.9 Å². The summed E-state index contributed by atoms with van der Waals surface area (Å²) >= 11 is 0. The van der Waals surface area contributed by atoms with Crippen LogP contribution in [-0.4, -0.2) is 141 Å². The molecule has 4 aliphatic rings. The minimum Gasteiger partial charge on any atom is -0.460 e. The predicted octanol–water partition coefficient (Wildman–Crippen LogP) is 6.05. The van der Waals surface area contributed by atoms with Gasteiger partial charge in [0.15, 0.2) is 11.6 Å². The molecule has 2 bridgehead atoms. The maximum Gasteiger partial charge on any atom is 0.329 e. The maximum atomic E-state index is 14.5. The van der Waals surface area contributed by atoms with Crippen molar-refractivity contribution < 1.29 is 57.9 Å². The fourth-order valence-electron chi connectivity index (χ4n) is 10.8. The van der Waals surface area contributed by atoms with Gasteiger partial charge in [0.1, 0.15) is 24.6 Å². The van der Waals surface area contributed by atoms with E-state index < -0.39 is 77.8 Å². The van der Waals surface area contributed by atoms with E-state index in [1.54, 1.807) is 52.1 Å². The van der Waals surface area contributed by atoms with E-state index in [1.165, 1.54) is 12.0 Å². The highest BCUT2D eigenvalue weighted by Gasteiger charge is 2.53. The molecule has 2 saturated heterocycles. The fraction of sp³-hybridized carbons (Fsp3) is 0.731. The molecule has 1 aliphatic carbocycles. The molecule has 17 nitrogen and oxygen atoms in total. The number of tetrazole rings is 1. The van der Waals surface area contributed by atoms with Crippen LogP contribution in [0.15, 0.2) is 53.9 Å². The Morgan fingerprint density at radius 2 is 1.65 bits per heavy atom. The lowest BCUT2D eigenvalue weighted by Gasteiger charge is -2.42. The molecular weight excluding hydrogens is 887 g/mol. The van der Waals surface area contributed by atoms with Crippen molar-refractivity contribution in [3.63, 3.8) is 0 Å². The molecular formula is C52H79N5O12. The normalized spacial score (nSPS) is 36.3. The van der Waals surface area contributed by atoms with Gasteiger partial charge in [0.2, 0.25) is 5.79 Å². The Hall–Kier alpha value is -4.26. The molecule has 0 aromatic carbocycles. The summed E-state index contributed by atoms with van der Waals surface area (Å²) in [7, 11) is 4.63. The molecule has 2 N–H and O–H groups in total. The molecule has 0 spiro atoms. The molecule has 0 radical (unpaired) electrons. The highest BCUT2D eigenvalue weighted by atomic mass is 16.6.